The molecule has 1 aliphatic rings. The molecule has 116 valence electrons. The van der Waals surface area contributed by atoms with E-state index in [-0.39, 0.29) is 12.5 Å². The predicted octanol–water partition coefficient (Wildman–Crippen LogP) is 0.815. The van der Waals surface area contributed by atoms with Crippen LogP contribution in [0.1, 0.15) is 24.0 Å². The van der Waals surface area contributed by atoms with Crippen LogP contribution in [0.25, 0.3) is 0 Å². The lowest BCUT2D eigenvalue weighted by Crippen LogP contribution is -2.36. The maximum Gasteiger partial charge on any atom is 0.248 e. The molecule has 0 saturated heterocycles. The van der Waals surface area contributed by atoms with E-state index >= 15 is 0 Å². The van der Waals surface area contributed by atoms with Gasteiger partial charge >= 0.3 is 0 Å². The Morgan fingerprint density at radius 3 is 2.67 bits per heavy atom. The fourth-order valence-corrected chi connectivity index (χ4v) is 2.60. The molecule has 0 saturated carbocycles. The minimum atomic E-state index is 0.0562. The SMILES string of the molecule is CCOCC(=O)N1CCc2nc(C)nc(N(C)C)c2CC1. The maximum atomic E-state index is 12.1. The molecule has 6 nitrogen and oxygen atoms in total. The Hall–Kier alpha value is -1.69. The van der Waals surface area contributed by atoms with Crippen LogP contribution in [0, 0.1) is 6.92 Å². The zero-order chi connectivity index (χ0) is 15.4. The van der Waals surface area contributed by atoms with Gasteiger partial charge in [-0.1, -0.05) is 0 Å². The second-order valence-electron chi connectivity index (χ2n) is 5.43. The Morgan fingerprint density at radius 1 is 1.29 bits per heavy atom. The fraction of sp³-hybridized carbons (Fsp3) is 0.667. The van der Waals surface area contributed by atoms with Gasteiger partial charge in [0.2, 0.25) is 5.91 Å². The van der Waals surface area contributed by atoms with Crippen molar-refractivity contribution in [2.24, 2.45) is 0 Å². The lowest BCUT2D eigenvalue weighted by molar-refractivity contribution is -0.135. The van der Waals surface area contributed by atoms with Crippen molar-refractivity contribution in [1.82, 2.24) is 14.9 Å². The van der Waals surface area contributed by atoms with Gasteiger partial charge in [0.1, 0.15) is 18.2 Å². The Balaban J connectivity index is 2.17. The van der Waals surface area contributed by atoms with Crippen LogP contribution in [-0.4, -0.2) is 61.2 Å². The van der Waals surface area contributed by atoms with Gasteiger partial charge in [-0.15, -0.1) is 0 Å². The van der Waals surface area contributed by atoms with E-state index in [1.54, 1.807) is 0 Å². The highest BCUT2D eigenvalue weighted by Gasteiger charge is 2.22. The quantitative estimate of drug-likeness (QED) is 0.822. The number of nitrogens with zero attached hydrogens (tertiary/aromatic N) is 4. The van der Waals surface area contributed by atoms with Crippen molar-refractivity contribution in [3.05, 3.63) is 17.1 Å². The molecule has 0 fully saturated rings. The molecule has 0 spiro atoms. The minimum absolute atomic E-state index is 0.0562. The Bertz CT molecular complexity index is 517. The lowest BCUT2D eigenvalue weighted by Gasteiger charge is -2.20. The van der Waals surface area contributed by atoms with Gasteiger partial charge in [-0.25, -0.2) is 9.97 Å². The van der Waals surface area contributed by atoms with Crippen LogP contribution in [0.3, 0.4) is 0 Å². The van der Waals surface area contributed by atoms with E-state index in [1.165, 1.54) is 0 Å². The van der Waals surface area contributed by atoms with Crippen LogP contribution in [0.5, 0.6) is 0 Å². The summed E-state index contributed by atoms with van der Waals surface area (Å²) >= 11 is 0. The van der Waals surface area contributed by atoms with Crippen molar-refractivity contribution in [1.29, 1.82) is 0 Å². The van der Waals surface area contributed by atoms with Crippen LogP contribution in [0.15, 0.2) is 0 Å². The number of hydrogen-bond donors (Lipinski definition) is 0. The van der Waals surface area contributed by atoms with Crippen molar-refractivity contribution in [2.45, 2.75) is 26.7 Å². The molecular formula is C15H24N4O2. The lowest BCUT2D eigenvalue weighted by atomic mass is 10.1. The number of carbonyl (C=O) groups is 1. The third-order valence-corrected chi connectivity index (χ3v) is 3.64. The predicted molar refractivity (Wildman–Crippen MR) is 81.6 cm³/mol. The molecule has 6 heteroatoms. The number of rotatable bonds is 4. The summed E-state index contributed by atoms with van der Waals surface area (Å²) in [7, 11) is 3.98. The van der Waals surface area contributed by atoms with Gasteiger partial charge in [-0.05, 0) is 20.3 Å². The first-order chi connectivity index (χ1) is 10.0. The molecular weight excluding hydrogens is 268 g/mol. The number of anilines is 1. The summed E-state index contributed by atoms with van der Waals surface area (Å²) in [5, 5.41) is 0. The number of carbonyl (C=O) groups excluding carboxylic acids is 1. The topological polar surface area (TPSA) is 58.6 Å². The van der Waals surface area contributed by atoms with Crippen LogP contribution >= 0.6 is 0 Å². The average molecular weight is 292 g/mol. The van der Waals surface area contributed by atoms with Gasteiger partial charge < -0.3 is 14.5 Å². The first kappa shape index (κ1) is 15.7. The van der Waals surface area contributed by atoms with Gasteiger partial charge in [0.05, 0.1) is 5.69 Å². The van der Waals surface area contributed by atoms with Gasteiger partial charge in [0, 0.05) is 45.8 Å². The number of amides is 1. The molecule has 2 rings (SSSR count). The average Bonchev–Trinajstić information content (AvgIpc) is 2.66. The highest BCUT2D eigenvalue weighted by molar-refractivity contribution is 5.77. The highest BCUT2D eigenvalue weighted by Crippen LogP contribution is 2.23. The number of fused-ring (bicyclic) bond motifs is 1. The Labute approximate surface area is 126 Å². The Kier molecular flexibility index (Phi) is 5.12. The molecule has 0 N–H and O–H groups in total. The highest BCUT2D eigenvalue weighted by atomic mass is 16.5. The second kappa shape index (κ2) is 6.85. The van der Waals surface area contributed by atoms with E-state index in [9.17, 15) is 4.79 Å². The summed E-state index contributed by atoms with van der Waals surface area (Å²) in [6.07, 6.45) is 1.57. The summed E-state index contributed by atoms with van der Waals surface area (Å²) < 4.78 is 5.22. The summed E-state index contributed by atoms with van der Waals surface area (Å²) in [4.78, 5) is 25.1. The van der Waals surface area contributed by atoms with E-state index in [4.69, 9.17) is 4.74 Å². The number of ether oxygens (including phenoxy) is 1. The first-order valence-corrected chi connectivity index (χ1v) is 7.42. The summed E-state index contributed by atoms with van der Waals surface area (Å²) in [6.45, 7) is 5.94. The van der Waals surface area contributed by atoms with E-state index in [0.29, 0.717) is 19.7 Å². The smallest absolute Gasteiger partial charge is 0.248 e. The largest absolute Gasteiger partial charge is 0.372 e. The molecule has 0 atom stereocenters. The van der Waals surface area contributed by atoms with Gasteiger partial charge in [0.25, 0.3) is 0 Å². The molecule has 21 heavy (non-hydrogen) atoms. The first-order valence-electron chi connectivity index (χ1n) is 7.42. The normalized spacial score (nSPS) is 14.6. The molecule has 0 radical (unpaired) electrons. The van der Waals surface area contributed by atoms with E-state index in [2.05, 4.69) is 9.97 Å². The fourth-order valence-electron chi connectivity index (χ4n) is 2.60. The molecule has 1 aromatic rings. The van der Waals surface area contributed by atoms with Gasteiger partial charge in [0.15, 0.2) is 0 Å². The van der Waals surface area contributed by atoms with E-state index < -0.39 is 0 Å². The molecule has 0 aromatic carbocycles. The number of aryl methyl sites for hydroxylation is 1. The minimum Gasteiger partial charge on any atom is -0.372 e. The van der Waals surface area contributed by atoms with E-state index in [0.717, 1.165) is 35.7 Å². The molecule has 1 aliphatic heterocycles. The molecule has 1 amide bonds. The standard InChI is InChI=1S/C15H24N4O2/c1-5-21-10-14(20)19-8-6-12-13(7-9-19)16-11(2)17-15(12)18(3)4/h5-10H2,1-4H3. The van der Waals surface area contributed by atoms with Crippen molar-refractivity contribution in [2.75, 3.05) is 45.3 Å². The van der Waals surface area contributed by atoms with Gasteiger partial charge in [-0.2, -0.15) is 0 Å². The molecule has 0 aliphatic carbocycles. The maximum absolute atomic E-state index is 12.1. The van der Waals surface area contributed by atoms with E-state index in [1.807, 2.05) is 37.7 Å². The molecule has 0 bridgehead atoms. The number of aromatic nitrogens is 2. The third kappa shape index (κ3) is 3.69. The number of hydrogen-bond acceptors (Lipinski definition) is 5. The molecule has 0 unspecified atom stereocenters. The molecule has 2 heterocycles. The second-order valence-corrected chi connectivity index (χ2v) is 5.43. The van der Waals surface area contributed by atoms with Crippen molar-refractivity contribution in [3.63, 3.8) is 0 Å². The van der Waals surface area contributed by atoms with Crippen molar-refractivity contribution >= 4 is 11.7 Å². The van der Waals surface area contributed by atoms with Gasteiger partial charge in [-0.3, -0.25) is 4.79 Å². The van der Waals surface area contributed by atoms with Crippen molar-refractivity contribution < 1.29 is 9.53 Å². The molecule has 1 aromatic heterocycles. The Morgan fingerprint density at radius 2 is 2.00 bits per heavy atom. The summed E-state index contributed by atoms with van der Waals surface area (Å²) in [5.41, 5.74) is 2.23. The monoisotopic (exact) mass is 292 g/mol. The van der Waals surface area contributed by atoms with Crippen LogP contribution in [0.2, 0.25) is 0 Å². The zero-order valence-corrected chi connectivity index (χ0v) is 13.3. The van der Waals surface area contributed by atoms with Crippen LogP contribution in [-0.2, 0) is 22.4 Å². The summed E-state index contributed by atoms with van der Waals surface area (Å²) in [5.74, 6) is 1.81. The summed E-state index contributed by atoms with van der Waals surface area (Å²) in [6, 6.07) is 0. The van der Waals surface area contributed by atoms with Crippen molar-refractivity contribution in [3.8, 4) is 0 Å². The van der Waals surface area contributed by atoms with Crippen LogP contribution in [0.4, 0.5) is 5.82 Å². The van der Waals surface area contributed by atoms with Crippen LogP contribution < -0.4 is 4.90 Å². The third-order valence-electron chi connectivity index (χ3n) is 3.64. The zero-order valence-electron chi connectivity index (χ0n) is 13.3.